The van der Waals surface area contributed by atoms with E-state index in [2.05, 4.69) is 4.74 Å². The molecule has 9 heteroatoms. The number of aryl methyl sites for hydroxylation is 1. The van der Waals surface area contributed by atoms with Crippen molar-refractivity contribution in [2.75, 3.05) is 13.2 Å². The molecule has 1 atom stereocenters. The lowest BCUT2D eigenvalue weighted by Crippen LogP contribution is -2.38. The van der Waals surface area contributed by atoms with E-state index in [4.69, 9.17) is 14.2 Å². The van der Waals surface area contributed by atoms with Gasteiger partial charge in [0.25, 0.3) is 0 Å². The number of fused-ring (bicyclic) bond motifs is 1. The van der Waals surface area contributed by atoms with E-state index in [1.54, 1.807) is 54.0 Å². The number of benzene rings is 2. The minimum Gasteiger partial charge on any atom is -0.485 e. The number of carbonyl (C=O) groups is 2. The Morgan fingerprint density at radius 1 is 1.09 bits per heavy atom. The molecule has 0 saturated heterocycles. The van der Waals surface area contributed by atoms with Crippen LogP contribution >= 0.6 is 0 Å². The minimum absolute atomic E-state index is 0.0101. The van der Waals surface area contributed by atoms with Crippen LogP contribution in [0.15, 0.2) is 54.6 Å². The molecule has 3 aromatic rings. The molecule has 0 radical (unpaired) electrons. The molecule has 1 aromatic heterocycles. The van der Waals surface area contributed by atoms with Crippen LogP contribution in [0, 0.1) is 13.8 Å². The maximum absolute atomic E-state index is 12.8. The first-order valence-electron chi connectivity index (χ1n) is 10.2. The lowest BCUT2D eigenvalue weighted by molar-refractivity contribution is -0.153. The monoisotopic (exact) mass is 457 g/mol. The smallest absolute Gasteiger partial charge is 0.387 e. The van der Waals surface area contributed by atoms with Gasteiger partial charge in [0.1, 0.15) is 12.4 Å². The first kappa shape index (κ1) is 22.3. The van der Waals surface area contributed by atoms with Crippen molar-refractivity contribution in [1.82, 2.24) is 4.57 Å². The molecule has 0 aliphatic carbocycles. The molecular weight excluding hydrogens is 436 g/mol. The Morgan fingerprint density at radius 3 is 2.48 bits per heavy atom. The zero-order valence-electron chi connectivity index (χ0n) is 17.9. The van der Waals surface area contributed by atoms with Crippen molar-refractivity contribution in [3.8, 4) is 22.9 Å². The Hall–Kier alpha value is -3.88. The number of nitrogens with zero attached hydrogens (tertiary/aromatic N) is 1. The molecule has 0 bridgehead atoms. The summed E-state index contributed by atoms with van der Waals surface area (Å²) in [7, 11) is 0. The number of ether oxygens (including phenoxy) is 4. The number of Topliss-reactive ketones (excluding diaryl/α,β-unsaturated/α-hetero) is 1. The quantitative estimate of drug-likeness (QED) is 0.390. The van der Waals surface area contributed by atoms with E-state index < -0.39 is 25.3 Å². The summed E-state index contributed by atoms with van der Waals surface area (Å²) < 4.78 is 47.2. The van der Waals surface area contributed by atoms with E-state index in [0.29, 0.717) is 28.4 Å². The zero-order valence-corrected chi connectivity index (χ0v) is 17.9. The Kier molecular flexibility index (Phi) is 6.30. The Labute approximate surface area is 188 Å². The Bertz CT molecular complexity index is 1170. The molecule has 0 saturated carbocycles. The average Bonchev–Trinajstić information content (AvgIpc) is 3.11. The summed E-state index contributed by atoms with van der Waals surface area (Å²) in [4.78, 5) is 25.1. The fourth-order valence-corrected chi connectivity index (χ4v) is 3.66. The highest BCUT2D eigenvalue weighted by Gasteiger charge is 2.29. The number of alkyl halides is 2. The molecule has 1 aliphatic heterocycles. The number of carbonyl (C=O) groups excluding carboxylic acids is 2. The third kappa shape index (κ3) is 4.82. The van der Waals surface area contributed by atoms with Gasteiger partial charge < -0.3 is 23.5 Å². The topological polar surface area (TPSA) is 76.0 Å². The van der Waals surface area contributed by atoms with Crippen molar-refractivity contribution in [2.24, 2.45) is 0 Å². The summed E-state index contributed by atoms with van der Waals surface area (Å²) in [5.41, 5.74) is 2.45. The van der Waals surface area contributed by atoms with Crippen LogP contribution in [0.1, 0.15) is 21.7 Å². The number of aromatic nitrogens is 1. The fraction of sp³-hybridized carbons (Fsp3) is 0.250. The van der Waals surface area contributed by atoms with Gasteiger partial charge in [-0.3, -0.25) is 4.79 Å². The third-order valence-electron chi connectivity index (χ3n) is 5.17. The Morgan fingerprint density at radius 2 is 1.79 bits per heavy atom. The summed E-state index contributed by atoms with van der Waals surface area (Å²) >= 11 is 0. The van der Waals surface area contributed by atoms with Gasteiger partial charge in [0, 0.05) is 22.6 Å². The first-order chi connectivity index (χ1) is 15.8. The number of hydrogen-bond acceptors (Lipinski definition) is 6. The molecule has 7 nitrogen and oxygen atoms in total. The van der Waals surface area contributed by atoms with Gasteiger partial charge in [0.05, 0.1) is 0 Å². The number of halogens is 2. The molecule has 1 unspecified atom stereocenters. The van der Waals surface area contributed by atoms with Crippen LogP contribution < -0.4 is 14.2 Å². The third-order valence-corrected chi connectivity index (χ3v) is 5.17. The second-order valence-electron chi connectivity index (χ2n) is 7.39. The molecular formula is C24H21F2NO6. The first-order valence-corrected chi connectivity index (χ1v) is 10.2. The normalized spacial score (nSPS) is 14.8. The predicted molar refractivity (Wildman–Crippen MR) is 114 cm³/mol. The van der Waals surface area contributed by atoms with E-state index in [-0.39, 0.29) is 18.1 Å². The van der Waals surface area contributed by atoms with E-state index in [1.807, 2.05) is 6.92 Å². The molecule has 33 heavy (non-hydrogen) atoms. The highest BCUT2D eigenvalue weighted by Crippen LogP contribution is 2.31. The predicted octanol–water partition coefficient (Wildman–Crippen LogP) is 4.26. The number of para-hydroxylation sites is 2. The van der Waals surface area contributed by atoms with Gasteiger partial charge in [-0.2, -0.15) is 8.78 Å². The van der Waals surface area contributed by atoms with Crippen LogP contribution in [0.25, 0.3) is 5.69 Å². The van der Waals surface area contributed by atoms with Crippen LogP contribution in [0.3, 0.4) is 0 Å². The van der Waals surface area contributed by atoms with E-state index in [0.717, 1.165) is 5.69 Å². The maximum atomic E-state index is 12.8. The molecule has 0 spiro atoms. The van der Waals surface area contributed by atoms with E-state index in [1.165, 1.54) is 12.1 Å². The van der Waals surface area contributed by atoms with Gasteiger partial charge >= 0.3 is 12.6 Å². The second-order valence-corrected chi connectivity index (χ2v) is 7.39. The van der Waals surface area contributed by atoms with Crippen molar-refractivity contribution < 1.29 is 37.3 Å². The van der Waals surface area contributed by atoms with Crippen molar-refractivity contribution in [2.45, 2.75) is 26.6 Å². The summed E-state index contributed by atoms with van der Waals surface area (Å²) in [5.74, 6) is -0.0564. The highest BCUT2D eigenvalue weighted by atomic mass is 19.3. The summed E-state index contributed by atoms with van der Waals surface area (Å²) in [6, 6.07) is 14.7. The van der Waals surface area contributed by atoms with Crippen LogP contribution in [-0.2, 0) is 9.53 Å². The number of esters is 1. The summed E-state index contributed by atoms with van der Waals surface area (Å²) in [6.07, 6.45) is -0.964. The van der Waals surface area contributed by atoms with Crippen LogP contribution in [0.4, 0.5) is 8.78 Å². The molecule has 0 amide bonds. The van der Waals surface area contributed by atoms with Crippen molar-refractivity contribution >= 4 is 11.8 Å². The number of hydrogen-bond donors (Lipinski definition) is 0. The highest BCUT2D eigenvalue weighted by molar-refractivity contribution is 5.99. The second kappa shape index (κ2) is 9.32. The van der Waals surface area contributed by atoms with Crippen molar-refractivity contribution in [3.05, 3.63) is 71.5 Å². The van der Waals surface area contributed by atoms with Gasteiger partial charge in [-0.1, -0.05) is 12.1 Å². The van der Waals surface area contributed by atoms with Crippen molar-refractivity contribution in [3.63, 3.8) is 0 Å². The molecule has 0 fully saturated rings. The van der Waals surface area contributed by atoms with Crippen LogP contribution in [0.2, 0.25) is 0 Å². The Balaban J connectivity index is 1.41. The minimum atomic E-state index is -2.90. The van der Waals surface area contributed by atoms with E-state index >= 15 is 0 Å². The molecule has 2 aromatic carbocycles. The van der Waals surface area contributed by atoms with Crippen LogP contribution in [-0.4, -0.2) is 42.2 Å². The van der Waals surface area contributed by atoms with Gasteiger partial charge in [-0.05, 0) is 56.3 Å². The van der Waals surface area contributed by atoms with Gasteiger partial charge in [0.15, 0.2) is 18.1 Å². The number of rotatable bonds is 7. The average molecular weight is 457 g/mol. The summed E-state index contributed by atoms with van der Waals surface area (Å²) in [5, 5.41) is 0. The maximum Gasteiger partial charge on any atom is 0.387 e. The molecule has 2 heterocycles. The molecule has 172 valence electrons. The zero-order chi connectivity index (χ0) is 23.5. The molecule has 1 aliphatic rings. The van der Waals surface area contributed by atoms with Crippen molar-refractivity contribution in [1.29, 1.82) is 0 Å². The lowest BCUT2D eigenvalue weighted by atomic mass is 10.1. The van der Waals surface area contributed by atoms with E-state index in [9.17, 15) is 18.4 Å². The lowest BCUT2D eigenvalue weighted by Gasteiger charge is -2.24. The SMILES string of the molecule is Cc1cc(C(=O)COC(=O)C2COc3ccccc3O2)c(C)n1-c1ccc(OC(F)F)cc1. The van der Waals surface area contributed by atoms with Gasteiger partial charge in [-0.25, -0.2) is 4.79 Å². The molecule has 4 rings (SSSR count). The standard InChI is InChI=1S/C24H21F2NO6/c1-14-11-18(15(2)27(14)16-7-9-17(10-8-16)32-24(25)26)19(28)12-31-23(29)22-13-30-20-5-3-4-6-21(20)33-22/h3-11,22,24H,12-13H2,1-2H3. The van der Waals surface area contributed by atoms with Gasteiger partial charge in [-0.15, -0.1) is 0 Å². The molecule has 0 N–H and O–H groups in total. The van der Waals surface area contributed by atoms with Gasteiger partial charge in [0.2, 0.25) is 11.9 Å². The fourth-order valence-electron chi connectivity index (χ4n) is 3.66. The summed E-state index contributed by atoms with van der Waals surface area (Å²) in [6.45, 7) is 0.193. The van der Waals surface area contributed by atoms with Crippen LogP contribution in [0.5, 0.6) is 17.2 Å². The largest absolute Gasteiger partial charge is 0.485 e. The number of ketones is 1.